The molecule has 118 valence electrons. The van der Waals surface area contributed by atoms with E-state index < -0.39 is 22.3 Å². The van der Waals surface area contributed by atoms with Crippen molar-refractivity contribution in [2.75, 3.05) is 0 Å². The first-order chi connectivity index (χ1) is 10.9. The van der Waals surface area contributed by atoms with Gasteiger partial charge in [0.2, 0.25) is 0 Å². The van der Waals surface area contributed by atoms with Gasteiger partial charge in [0.25, 0.3) is 5.56 Å². The molecule has 1 aromatic carbocycles. The summed E-state index contributed by atoms with van der Waals surface area (Å²) < 4.78 is 39.6. The van der Waals surface area contributed by atoms with Gasteiger partial charge in [-0.05, 0) is 17.7 Å². The number of benzene rings is 1. The molecule has 3 aromatic rings. The van der Waals surface area contributed by atoms with Crippen LogP contribution in [0.3, 0.4) is 0 Å². The molecule has 0 unspecified atom stereocenters. The smallest absolute Gasteiger partial charge is 0.309 e. The zero-order valence-electron chi connectivity index (χ0n) is 11.6. The standard InChI is InChI=1S/C16H10ClF3N2O/c17-13-7-12(16(18,19)20)9-22(15(13)23)8-11-4-1-3-10-5-2-6-21-14(10)11/h1-7,9H,8H2. The van der Waals surface area contributed by atoms with Crippen LogP contribution in [0.2, 0.25) is 5.02 Å². The van der Waals surface area contributed by atoms with Crippen molar-refractivity contribution in [2.24, 2.45) is 0 Å². The number of hydrogen-bond acceptors (Lipinski definition) is 2. The fraction of sp³-hybridized carbons (Fsp3) is 0.125. The summed E-state index contributed by atoms with van der Waals surface area (Å²) >= 11 is 5.66. The Labute approximate surface area is 134 Å². The second-order valence-electron chi connectivity index (χ2n) is 5.00. The first-order valence-electron chi connectivity index (χ1n) is 6.66. The number of alkyl halides is 3. The van der Waals surface area contributed by atoms with Gasteiger partial charge < -0.3 is 4.57 Å². The summed E-state index contributed by atoms with van der Waals surface area (Å²) in [5.74, 6) is 0. The van der Waals surface area contributed by atoms with E-state index in [9.17, 15) is 18.0 Å². The molecule has 0 bridgehead atoms. The zero-order valence-corrected chi connectivity index (χ0v) is 12.4. The third-order valence-corrected chi connectivity index (χ3v) is 3.70. The third kappa shape index (κ3) is 3.07. The molecule has 0 aliphatic carbocycles. The maximum atomic E-state index is 12.9. The highest BCUT2D eigenvalue weighted by Crippen LogP contribution is 2.30. The van der Waals surface area contributed by atoms with Crippen LogP contribution < -0.4 is 5.56 Å². The second kappa shape index (κ2) is 5.70. The Morgan fingerprint density at radius 2 is 1.91 bits per heavy atom. The molecule has 0 aliphatic rings. The molecule has 0 radical (unpaired) electrons. The summed E-state index contributed by atoms with van der Waals surface area (Å²) in [6.07, 6.45) is -2.21. The van der Waals surface area contributed by atoms with Gasteiger partial charge in [0.15, 0.2) is 0 Å². The summed E-state index contributed by atoms with van der Waals surface area (Å²) in [5.41, 5.74) is -0.362. The number of rotatable bonds is 2. The van der Waals surface area contributed by atoms with Gasteiger partial charge >= 0.3 is 6.18 Å². The number of aromatic nitrogens is 2. The predicted octanol–water partition coefficient (Wildman–Crippen LogP) is 4.12. The summed E-state index contributed by atoms with van der Waals surface area (Å²) in [7, 11) is 0. The van der Waals surface area contributed by atoms with E-state index in [1.165, 1.54) is 0 Å². The molecule has 0 atom stereocenters. The van der Waals surface area contributed by atoms with Crippen LogP contribution >= 0.6 is 11.6 Å². The van der Waals surface area contributed by atoms with Crippen LogP contribution in [0.4, 0.5) is 13.2 Å². The van der Waals surface area contributed by atoms with Gasteiger partial charge in [-0.25, -0.2) is 0 Å². The summed E-state index contributed by atoms with van der Waals surface area (Å²) in [6, 6.07) is 9.57. The van der Waals surface area contributed by atoms with Crippen LogP contribution in [0.5, 0.6) is 0 Å². The van der Waals surface area contributed by atoms with Crippen molar-refractivity contribution in [3.8, 4) is 0 Å². The van der Waals surface area contributed by atoms with Crippen LogP contribution in [0.15, 0.2) is 53.6 Å². The molecule has 23 heavy (non-hydrogen) atoms. The highest BCUT2D eigenvalue weighted by Gasteiger charge is 2.32. The lowest BCUT2D eigenvalue weighted by Crippen LogP contribution is -2.23. The Hall–Kier alpha value is -2.34. The fourth-order valence-corrected chi connectivity index (χ4v) is 2.58. The zero-order chi connectivity index (χ0) is 16.6. The Morgan fingerprint density at radius 3 is 2.65 bits per heavy atom. The number of hydrogen-bond donors (Lipinski definition) is 0. The molecule has 3 nitrogen and oxygen atoms in total. The third-order valence-electron chi connectivity index (χ3n) is 3.43. The quantitative estimate of drug-likeness (QED) is 0.704. The monoisotopic (exact) mass is 338 g/mol. The minimum absolute atomic E-state index is 0.0448. The lowest BCUT2D eigenvalue weighted by molar-refractivity contribution is -0.138. The molecule has 2 aromatic heterocycles. The first kappa shape index (κ1) is 15.6. The van der Waals surface area contributed by atoms with Crippen LogP contribution in [-0.4, -0.2) is 9.55 Å². The Balaban J connectivity index is 2.12. The number of nitrogens with zero attached hydrogens (tertiary/aromatic N) is 2. The van der Waals surface area contributed by atoms with Crippen molar-refractivity contribution >= 4 is 22.5 Å². The molecule has 0 saturated carbocycles. The lowest BCUT2D eigenvalue weighted by atomic mass is 10.1. The minimum atomic E-state index is -4.57. The molecule has 0 spiro atoms. The van der Waals surface area contributed by atoms with Crippen LogP contribution in [-0.2, 0) is 12.7 Å². The molecular weight excluding hydrogens is 329 g/mol. The van der Waals surface area contributed by atoms with Gasteiger partial charge in [-0.15, -0.1) is 0 Å². The number of para-hydroxylation sites is 1. The molecule has 0 amide bonds. The number of halogens is 4. The Morgan fingerprint density at radius 1 is 1.17 bits per heavy atom. The second-order valence-corrected chi connectivity index (χ2v) is 5.41. The van der Waals surface area contributed by atoms with E-state index >= 15 is 0 Å². The molecular formula is C16H10ClF3N2O. The van der Waals surface area contributed by atoms with Gasteiger partial charge in [0.1, 0.15) is 5.02 Å². The van der Waals surface area contributed by atoms with Crippen LogP contribution in [0, 0.1) is 0 Å². The fourth-order valence-electron chi connectivity index (χ4n) is 2.35. The SMILES string of the molecule is O=c1c(Cl)cc(C(F)(F)F)cn1Cc1cccc2cccnc12. The van der Waals surface area contributed by atoms with E-state index in [1.54, 1.807) is 24.4 Å². The maximum absolute atomic E-state index is 12.9. The average Bonchev–Trinajstić information content (AvgIpc) is 2.51. The molecule has 3 rings (SSSR count). The Kier molecular flexibility index (Phi) is 3.85. The molecule has 0 fully saturated rings. The van der Waals surface area contributed by atoms with Crippen molar-refractivity contribution < 1.29 is 13.2 Å². The summed E-state index contributed by atoms with van der Waals surface area (Å²) in [5, 5.41) is 0.379. The lowest BCUT2D eigenvalue weighted by Gasteiger charge is -2.12. The van der Waals surface area contributed by atoms with E-state index in [-0.39, 0.29) is 6.54 Å². The molecule has 0 N–H and O–H groups in total. The van der Waals surface area contributed by atoms with Crippen molar-refractivity contribution in [1.82, 2.24) is 9.55 Å². The van der Waals surface area contributed by atoms with Gasteiger partial charge in [-0.3, -0.25) is 9.78 Å². The summed E-state index contributed by atoms with van der Waals surface area (Å²) in [4.78, 5) is 16.3. The first-order valence-corrected chi connectivity index (χ1v) is 7.04. The van der Waals surface area contributed by atoms with E-state index in [2.05, 4.69) is 4.98 Å². The van der Waals surface area contributed by atoms with Crippen LogP contribution in [0.25, 0.3) is 10.9 Å². The highest BCUT2D eigenvalue weighted by atomic mass is 35.5. The summed E-state index contributed by atoms with van der Waals surface area (Å²) in [6.45, 7) is -0.0448. The molecule has 0 saturated heterocycles. The van der Waals surface area contributed by atoms with Gasteiger partial charge in [0.05, 0.1) is 17.6 Å². The predicted molar refractivity (Wildman–Crippen MR) is 81.6 cm³/mol. The number of fused-ring (bicyclic) bond motifs is 1. The topological polar surface area (TPSA) is 34.9 Å². The average molecular weight is 339 g/mol. The number of pyridine rings is 2. The minimum Gasteiger partial charge on any atom is -0.309 e. The van der Waals surface area contributed by atoms with Crippen molar-refractivity contribution in [1.29, 1.82) is 0 Å². The molecule has 0 aliphatic heterocycles. The molecule has 2 heterocycles. The maximum Gasteiger partial charge on any atom is 0.417 e. The van der Waals surface area contributed by atoms with Gasteiger partial charge in [-0.1, -0.05) is 35.9 Å². The van der Waals surface area contributed by atoms with Gasteiger partial charge in [-0.2, -0.15) is 13.2 Å². The van der Waals surface area contributed by atoms with Gasteiger partial charge in [0, 0.05) is 17.8 Å². The van der Waals surface area contributed by atoms with E-state index in [4.69, 9.17) is 11.6 Å². The van der Waals surface area contributed by atoms with Crippen molar-refractivity contribution in [3.63, 3.8) is 0 Å². The van der Waals surface area contributed by atoms with Crippen molar-refractivity contribution in [3.05, 3.63) is 75.3 Å². The van der Waals surface area contributed by atoms with E-state index in [0.29, 0.717) is 17.1 Å². The highest BCUT2D eigenvalue weighted by molar-refractivity contribution is 6.30. The van der Waals surface area contributed by atoms with Crippen molar-refractivity contribution in [2.45, 2.75) is 12.7 Å². The Bertz CT molecular complexity index is 929. The largest absolute Gasteiger partial charge is 0.417 e. The van der Waals surface area contributed by atoms with E-state index in [1.807, 2.05) is 12.1 Å². The van der Waals surface area contributed by atoms with Crippen LogP contribution in [0.1, 0.15) is 11.1 Å². The normalized spacial score (nSPS) is 11.8. The molecule has 7 heteroatoms. The van der Waals surface area contributed by atoms with E-state index in [0.717, 1.165) is 16.2 Å².